The van der Waals surface area contributed by atoms with Gasteiger partial charge in [-0.1, -0.05) is 0 Å². The lowest BCUT2D eigenvalue weighted by Gasteiger charge is -2.05. The second-order valence-corrected chi connectivity index (χ2v) is 5.17. The molecule has 0 saturated carbocycles. The van der Waals surface area contributed by atoms with Gasteiger partial charge in [0, 0.05) is 25.0 Å². The lowest BCUT2D eigenvalue weighted by molar-refractivity contribution is -0.116. The zero-order valence-corrected chi connectivity index (χ0v) is 11.8. The molecule has 0 bridgehead atoms. The fourth-order valence-electron chi connectivity index (χ4n) is 1.43. The van der Waals surface area contributed by atoms with Crippen LogP contribution in [0.15, 0.2) is 24.3 Å². The fourth-order valence-corrected chi connectivity index (χ4v) is 2.27. The van der Waals surface area contributed by atoms with E-state index in [1.807, 2.05) is 6.07 Å². The third-order valence-corrected chi connectivity index (χ3v) is 3.45. The number of benzene rings is 1. The average molecular weight is 278 g/mol. The highest BCUT2D eigenvalue weighted by atomic mass is 32.2. The smallest absolute Gasteiger partial charge is 0.224 e. The molecule has 1 rings (SSSR count). The Morgan fingerprint density at radius 2 is 2.11 bits per heavy atom. The number of carbonyl (C=O) groups is 1. The van der Waals surface area contributed by atoms with Crippen LogP contribution >= 0.6 is 11.8 Å². The van der Waals surface area contributed by atoms with Crippen molar-refractivity contribution in [3.05, 3.63) is 29.8 Å². The summed E-state index contributed by atoms with van der Waals surface area (Å²) in [6, 6.07) is 8.90. The summed E-state index contributed by atoms with van der Waals surface area (Å²) in [5.74, 6) is 1.94. The Labute approximate surface area is 118 Å². The van der Waals surface area contributed by atoms with Gasteiger partial charge in [-0.15, -0.1) is 0 Å². The molecule has 19 heavy (non-hydrogen) atoms. The summed E-state index contributed by atoms with van der Waals surface area (Å²) in [6.07, 6.45) is 1.37. The minimum Gasteiger partial charge on any atom is -0.384 e. The lowest BCUT2D eigenvalue weighted by atomic mass is 10.2. The normalized spacial score (nSPS) is 9.89. The van der Waals surface area contributed by atoms with Crippen molar-refractivity contribution >= 4 is 23.4 Å². The van der Waals surface area contributed by atoms with Gasteiger partial charge in [0.2, 0.25) is 5.91 Å². The Kier molecular flexibility index (Phi) is 7.71. The Bertz CT molecular complexity index is 426. The average Bonchev–Trinajstić information content (AvgIpc) is 2.43. The number of hydrogen-bond donors (Lipinski definition) is 1. The van der Waals surface area contributed by atoms with Crippen molar-refractivity contribution in [2.24, 2.45) is 0 Å². The summed E-state index contributed by atoms with van der Waals surface area (Å²) in [5.41, 5.74) is 1.32. The molecule has 0 heterocycles. The number of rotatable bonds is 8. The van der Waals surface area contributed by atoms with E-state index in [2.05, 4.69) is 5.32 Å². The number of nitrogens with zero attached hydrogens (tertiary/aromatic N) is 1. The van der Waals surface area contributed by atoms with Crippen molar-refractivity contribution in [1.29, 1.82) is 5.26 Å². The van der Waals surface area contributed by atoms with Crippen LogP contribution in [0.3, 0.4) is 0 Å². The predicted octanol–water partition coefficient (Wildman–Crippen LogP) is 2.66. The van der Waals surface area contributed by atoms with Crippen LogP contribution in [0, 0.1) is 11.3 Å². The summed E-state index contributed by atoms with van der Waals surface area (Å²) in [4.78, 5) is 11.6. The molecule has 1 amide bonds. The molecule has 102 valence electrons. The molecule has 1 N–H and O–H groups in total. The summed E-state index contributed by atoms with van der Waals surface area (Å²) in [6.45, 7) is 0.752. The van der Waals surface area contributed by atoms with Crippen LogP contribution in [0.2, 0.25) is 0 Å². The third-order valence-electron chi connectivity index (χ3n) is 2.42. The first kappa shape index (κ1) is 15.5. The van der Waals surface area contributed by atoms with E-state index < -0.39 is 0 Å². The molecule has 0 aliphatic carbocycles. The highest BCUT2D eigenvalue weighted by molar-refractivity contribution is 7.99. The first-order valence-corrected chi connectivity index (χ1v) is 7.28. The lowest BCUT2D eigenvalue weighted by Crippen LogP contribution is -2.11. The molecule has 0 aromatic heterocycles. The molecule has 0 saturated heterocycles. The molecule has 0 aliphatic heterocycles. The van der Waals surface area contributed by atoms with Crippen LogP contribution in [-0.2, 0) is 9.53 Å². The minimum atomic E-state index is 0.0112. The fraction of sp³-hybridized carbons (Fsp3) is 0.429. The Morgan fingerprint density at radius 3 is 2.74 bits per heavy atom. The highest BCUT2D eigenvalue weighted by Gasteiger charge is 2.02. The largest absolute Gasteiger partial charge is 0.384 e. The molecule has 0 radical (unpaired) electrons. The van der Waals surface area contributed by atoms with Crippen molar-refractivity contribution in [2.45, 2.75) is 12.8 Å². The molecule has 0 aliphatic rings. The van der Waals surface area contributed by atoms with Crippen molar-refractivity contribution in [3.8, 4) is 6.07 Å². The summed E-state index contributed by atoms with van der Waals surface area (Å²) >= 11 is 1.79. The number of methoxy groups -OCH3 is 1. The number of hydrogen-bond acceptors (Lipinski definition) is 4. The number of ether oxygens (including phenoxy) is 1. The van der Waals surface area contributed by atoms with E-state index in [0.717, 1.165) is 30.2 Å². The number of carbonyl (C=O) groups excluding carboxylic acids is 1. The Balaban J connectivity index is 2.18. The first-order chi connectivity index (χ1) is 9.26. The second kappa shape index (κ2) is 9.42. The van der Waals surface area contributed by atoms with Gasteiger partial charge in [0.25, 0.3) is 0 Å². The SMILES string of the molecule is COCCSCCCC(=O)Nc1ccc(C#N)cc1. The number of amides is 1. The van der Waals surface area contributed by atoms with Crippen molar-refractivity contribution < 1.29 is 9.53 Å². The first-order valence-electron chi connectivity index (χ1n) is 6.13. The van der Waals surface area contributed by atoms with Crippen LogP contribution in [0.25, 0.3) is 0 Å². The quantitative estimate of drug-likeness (QED) is 0.743. The zero-order valence-electron chi connectivity index (χ0n) is 11.0. The predicted molar refractivity (Wildman–Crippen MR) is 78.2 cm³/mol. The summed E-state index contributed by atoms with van der Waals surface area (Å²) in [7, 11) is 1.69. The molecule has 5 heteroatoms. The van der Waals surface area contributed by atoms with Crippen molar-refractivity contribution in [3.63, 3.8) is 0 Å². The summed E-state index contributed by atoms with van der Waals surface area (Å²) in [5, 5.41) is 11.5. The number of anilines is 1. The molecule has 0 fully saturated rings. The minimum absolute atomic E-state index is 0.0112. The maximum atomic E-state index is 11.6. The van der Waals surface area contributed by atoms with E-state index in [9.17, 15) is 4.79 Å². The maximum absolute atomic E-state index is 11.6. The van der Waals surface area contributed by atoms with Crippen molar-refractivity contribution in [1.82, 2.24) is 0 Å². The molecule has 4 nitrogen and oxygen atoms in total. The van der Waals surface area contributed by atoms with Crippen LogP contribution in [0.4, 0.5) is 5.69 Å². The van der Waals surface area contributed by atoms with Crippen LogP contribution in [0.1, 0.15) is 18.4 Å². The molecule has 0 spiro atoms. The van der Waals surface area contributed by atoms with Gasteiger partial charge < -0.3 is 10.1 Å². The van der Waals surface area contributed by atoms with Gasteiger partial charge in [0.05, 0.1) is 18.2 Å². The van der Waals surface area contributed by atoms with Gasteiger partial charge in [-0.2, -0.15) is 17.0 Å². The zero-order chi connectivity index (χ0) is 13.9. The van der Waals surface area contributed by atoms with Crippen LogP contribution < -0.4 is 5.32 Å². The van der Waals surface area contributed by atoms with E-state index in [0.29, 0.717) is 12.0 Å². The highest BCUT2D eigenvalue weighted by Crippen LogP contribution is 2.10. The molecule has 1 aromatic rings. The third kappa shape index (κ3) is 6.85. The van der Waals surface area contributed by atoms with Gasteiger partial charge in [-0.25, -0.2) is 0 Å². The van der Waals surface area contributed by atoms with Gasteiger partial charge in [0.1, 0.15) is 0 Å². The molecule has 0 atom stereocenters. The second-order valence-electron chi connectivity index (χ2n) is 3.95. The molecule has 1 aromatic carbocycles. The maximum Gasteiger partial charge on any atom is 0.224 e. The molecular weight excluding hydrogens is 260 g/mol. The van der Waals surface area contributed by atoms with Crippen molar-refractivity contribution in [2.75, 3.05) is 30.5 Å². The van der Waals surface area contributed by atoms with Crippen LogP contribution in [0.5, 0.6) is 0 Å². The van der Waals surface area contributed by atoms with E-state index >= 15 is 0 Å². The van der Waals surface area contributed by atoms with E-state index in [1.165, 1.54) is 0 Å². The number of nitrogens with one attached hydrogen (secondary N) is 1. The standard InChI is InChI=1S/C14H18N2O2S/c1-18-8-10-19-9-2-3-14(17)16-13-6-4-12(11-15)5-7-13/h4-7H,2-3,8-10H2,1H3,(H,16,17). The topological polar surface area (TPSA) is 62.1 Å². The molecule has 0 unspecified atom stereocenters. The Hall–Kier alpha value is -1.51. The van der Waals surface area contributed by atoms with Gasteiger partial charge in [-0.3, -0.25) is 4.79 Å². The molecular formula is C14H18N2O2S. The van der Waals surface area contributed by atoms with Crippen LogP contribution in [-0.4, -0.2) is 31.1 Å². The Morgan fingerprint density at radius 1 is 1.37 bits per heavy atom. The van der Waals surface area contributed by atoms with E-state index in [-0.39, 0.29) is 5.91 Å². The van der Waals surface area contributed by atoms with Gasteiger partial charge in [0.15, 0.2) is 0 Å². The monoisotopic (exact) mass is 278 g/mol. The number of thioether (sulfide) groups is 1. The van der Waals surface area contributed by atoms with E-state index in [4.69, 9.17) is 10.00 Å². The summed E-state index contributed by atoms with van der Waals surface area (Å²) < 4.78 is 4.94. The van der Waals surface area contributed by atoms with E-state index in [1.54, 1.807) is 43.1 Å². The van der Waals surface area contributed by atoms with Gasteiger partial charge in [-0.05, 0) is 36.4 Å². The van der Waals surface area contributed by atoms with Gasteiger partial charge >= 0.3 is 0 Å². The number of nitriles is 1.